The first-order valence-corrected chi connectivity index (χ1v) is 11.3. The molecule has 1 fully saturated rings. The Labute approximate surface area is 171 Å². The summed E-state index contributed by atoms with van der Waals surface area (Å²) in [5, 5.41) is 2.91. The summed E-state index contributed by atoms with van der Waals surface area (Å²) in [6.45, 7) is 1.36. The lowest BCUT2D eigenvalue weighted by Crippen LogP contribution is -2.48. The molecule has 2 aromatic carbocycles. The van der Waals surface area contributed by atoms with Crippen LogP contribution in [0.15, 0.2) is 54.6 Å². The molecule has 0 saturated carbocycles. The second kappa shape index (κ2) is 9.76. The molecule has 0 spiro atoms. The average molecular weight is 419 g/mol. The minimum absolute atomic E-state index is 0.0736. The summed E-state index contributed by atoms with van der Waals surface area (Å²) >= 11 is 0. The summed E-state index contributed by atoms with van der Waals surface area (Å²) in [5.41, 5.74) is 0.848. The SMILES string of the molecule is COc1ccc(OCCNC(=O)C(c2ccccc2)N2CCS(=O)(=O)CC2)cc1. The van der Waals surface area contributed by atoms with E-state index in [1.54, 1.807) is 7.11 Å². The smallest absolute Gasteiger partial charge is 0.242 e. The van der Waals surface area contributed by atoms with Crippen LogP contribution in [-0.4, -0.2) is 64.1 Å². The van der Waals surface area contributed by atoms with Crippen molar-refractivity contribution >= 4 is 15.7 Å². The van der Waals surface area contributed by atoms with Gasteiger partial charge in [-0.3, -0.25) is 9.69 Å². The molecule has 1 aliphatic heterocycles. The summed E-state index contributed by atoms with van der Waals surface area (Å²) in [6, 6.07) is 16.1. The van der Waals surface area contributed by atoms with Crippen LogP contribution in [0.1, 0.15) is 11.6 Å². The van der Waals surface area contributed by atoms with Gasteiger partial charge in [0, 0.05) is 13.1 Å². The summed E-state index contributed by atoms with van der Waals surface area (Å²) in [6.07, 6.45) is 0. The highest BCUT2D eigenvalue weighted by atomic mass is 32.2. The van der Waals surface area contributed by atoms with E-state index in [-0.39, 0.29) is 17.4 Å². The largest absolute Gasteiger partial charge is 0.497 e. The van der Waals surface area contributed by atoms with Crippen molar-refractivity contribution < 1.29 is 22.7 Å². The lowest BCUT2D eigenvalue weighted by atomic mass is 10.0. The fourth-order valence-corrected chi connectivity index (χ4v) is 4.49. The van der Waals surface area contributed by atoms with Gasteiger partial charge in [-0.2, -0.15) is 0 Å². The van der Waals surface area contributed by atoms with Gasteiger partial charge >= 0.3 is 0 Å². The van der Waals surface area contributed by atoms with Crippen molar-refractivity contribution in [2.75, 3.05) is 44.9 Å². The molecule has 0 aliphatic carbocycles. The van der Waals surface area contributed by atoms with Gasteiger partial charge in [-0.15, -0.1) is 0 Å². The van der Waals surface area contributed by atoms with Gasteiger partial charge in [0.15, 0.2) is 9.84 Å². The van der Waals surface area contributed by atoms with Gasteiger partial charge in [0.2, 0.25) is 5.91 Å². The second-order valence-corrected chi connectivity index (χ2v) is 9.12. The predicted molar refractivity (Wildman–Crippen MR) is 111 cm³/mol. The first-order valence-electron chi connectivity index (χ1n) is 9.52. The minimum atomic E-state index is -3.02. The highest BCUT2D eigenvalue weighted by Crippen LogP contribution is 2.23. The molecule has 1 aliphatic rings. The number of hydrogen-bond acceptors (Lipinski definition) is 6. The second-order valence-electron chi connectivity index (χ2n) is 6.82. The molecule has 1 heterocycles. The van der Waals surface area contributed by atoms with Gasteiger partial charge in [0.1, 0.15) is 24.1 Å². The van der Waals surface area contributed by atoms with E-state index in [1.165, 1.54) is 0 Å². The van der Waals surface area contributed by atoms with Crippen LogP contribution in [0.25, 0.3) is 0 Å². The zero-order valence-electron chi connectivity index (χ0n) is 16.4. The molecule has 1 unspecified atom stereocenters. The van der Waals surface area contributed by atoms with Crippen LogP contribution in [0.4, 0.5) is 0 Å². The molecule has 2 aromatic rings. The lowest BCUT2D eigenvalue weighted by Gasteiger charge is -2.33. The number of hydrogen-bond donors (Lipinski definition) is 1. The van der Waals surface area contributed by atoms with E-state index in [4.69, 9.17) is 9.47 Å². The van der Waals surface area contributed by atoms with Crippen molar-refractivity contribution in [3.8, 4) is 11.5 Å². The Morgan fingerprint density at radius 2 is 1.66 bits per heavy atom. The Bertz CT molecular complexity index is 886. The van der Waals surface area contributed by atoms with Crippen molar-refractivity contribution in [3.63, 3.8) is 0 Å². The molecule has 7 nitrogen and oxygen atoms in total. The zero-order chi connectivity index (χ0) is 20.7. The van der Waals surface area contributed by atoms with Crippen molar-refractivity contribution in [1.29, 1.82) is 0 Å². The fourth-order valence-electron chi connectivity index (χ4n) is 3.26. The molecule has 3 rings (SSSR count). The van der Waals surface area contributed by atoms with Gasteiger partial charge in [-0.25, -0.2) is 8.42 Å². The minimum Gasteiger partial charge on any atom is -0.497 e. The van der Waals surface area contributed by atoms with Gasteiger partial charge in [-0.05, 0) is 29.8 Å². The Kier molecular flexibility index (Phi) is 7.11. The van der Waals surface area contributed by atoms with Gasteiger partial charge in [-0.1, -0.05) is 30.3 Å². The number of benzene rings is 2. The number of methoxy groups -OCH3 is 1. The molecule has 0 bridgehead atoms. The van der Waals surface area contributed by atoms with Crippen LogP contribution in [0.3, 0.4) is 0 Å². The maximum atomic E-state index is 12.9. The highest BCUT2D eigenvalue weighted by Gasteiger charge is 2.32. The van der Waals surface area contributed by atoms with E-state index in [0.717, 1.165) is 11.3 Å². The molecule has 1 atom stereocenters. The molecule has 1 amide bonds. The molecule has 8 heteroatoms. The predicted octanol–water partition coefficient (Wildman–Crippen LogP) is 1.66. The summed E-state index contributed by atoms with van der Waals surface area (Å²) < 4.78 is 34.3. The average Bonchev–Trinajstić information content (AvgIpc) is 2.74. The van der Waals surface area contributed by atoms with Crippen LogP contribution in [0.5, 0.6) is 11.5 Å². The maximum Gasteiger partial charge on any atom is 0.242 e. The summed E-state index contributed by atoms with van der Waals surface area (Å²) in [4.78, 5) is 14.9. The van der Waals surface area contributed by atoms with E-state index in [2.05, 4.69) is 5.32 Å². The third-order valence-electron chi connectivity index (χ3n) is 4.84. The summed E-state index contributed by atoms with van der Waals surface area (Å²) in [5.74, 6) is 1.43. The number of rotatable bonds is 8. The number of amides is 1. The van der Waals surface area contributed by atoms with Gasteiger partial charge < -0.3 is 14.8 Å². The maximum absolute atomic E-state index is 12.9. The number of carbonyl (C=O) groups excluding carboxylic acids is 1. The molecular weight excluding hydrogens is 392 g/mol. The molecule has 29 heavy (non-hydrogen) atoms. The molecule has 1 N–H and O–H groups in total. The van der Waals surface area contributed by atoms with Gasteiger partial charge in [0.05, 0.1) is 25.2 Å². The third kappa shape index (κ3) is 5.95. The number of carbonyl (C=O) groups is 1. The van der Waals surface area contributed by atoms with Gasteiger partial charge in [0.25, 0.3) is 0 Å². The Balaban J connectivity index is 1.58. The quantitative estimate of drug-likeness (QED) is 0.657. The fraction of sp³-hybridized carbons (Fsp3) is 0.381. The number of nitrogens with zero attached hydrogens (tertiary/aromatic N) is 1. The van der Waals surface area contributed by atoms with Crippen LogP contribution in [0, 0.1) is 0 Å². The number of ether oxygens (including phenoxy) is 2. The first-order chi connectivity index (χ1) is 14.0. The van der Waals surface area contributed by atoms with Crippen LogP contribution in [-0.2, 0) is 14.6 Å². The summed E-state index contributed by atoms with van der Waals surface area (Å²) in [7, 11) is -1.41. The molecule has 1 saturated heterocycles. The Hall–Kier alpha value is -2.58. The van der Waals surface area contributed by atoms with Crippen molar-refractivity contribution in [2.45, 2.75) is 6.04 Å². The Morgan fingerprint density at radius 1 is 1.03 bits per heavy atom. The highest BCUT2D eigenvalue weighted by molar-refractivity contribution is 7.91. The number of nitrogens with one attached hydrogen (secondary N) is 1. The van der Waals surface area contributed by atoms with Crippen LogP contribution < -0.4 is 14.8 Å². The molecule has 156 valence electrons. The first kappa shape index (κ1) is 21.1. The van der Waals surface area contributed by atoms with Crippen LogP contribution >= 0.6 is 0 Å². The van der Waals surface area contributed by atoms with Crippen molar-refractivity contribution in [1.82, 2.24) is 10.2 Å². The zero-order valence-corrected chi connectivity index (χ0v) is 17.2. The third-order valence-corrected chi connectivity index (χ3v) is 6.45. The van der Waals surface area contributed by atoms with Crippen molar-refractivity contribution in [2.24, 2.45) is 0 Å². The molecule has 0 aromatic heterocycles. The number of sulfone groups is 1. The van der Waals surface area contributed by atoms with E-state index >= 15 is 0 Å². The van der Waals surface area contributed by atoms with E-state index in [1.807, 2.05) is 59.5 Å². The van der Waals surface area contributed by atoms with E-state index in [9.17, 15) is 13.2 Å². The van der Waals surface area contributed by atoms with E-state index < -0.39 is 15.9 Å². The monoisotopic (exact) mass is 418 g/mol. The topological polar surface area (TPSA) is 84.9 Å². The van der Waals surface area contributed by atoms with E-state index in [0.29, 0.717) is 32.0 Å². The molecule has 0 radical (unpaired) electrons. The van der Waals surface area contributed by atoms with Crippen molar-refractivity contribution in [3.05, 3.63) is 60.2 Å². The Morgan fingerprint density at radius 3 is 2.28 bits per heavy atom. The van der Waals surface area contributed by atoms with Crippen LogP contribution in [0.2, 0.25) is 0 Å². The standard InChI is InChI=1S/C21H26N2O5S/c1-27-18-7-9-19(10-8-18)28-14-11-22-21(24)20(17-5-3-2-4-6-17)23-12-15-29(25,26)16-13-23/h2-10,20H,11-16H2,1H3,(H,22,24). The lowest BCUT2D eigenvalue weighted by molar-refractivity contribution is -0.126. The normalized spacial score (nSPS) is 17.3. The molecular formula is C21H26N2O5S.